The molecule has 5 heterocycles. The molecule has 56 heavy (non-hydrogen) atoms. The molecule has 2 saturated carbocycles. The third-order valence-electron chi connectivity index (χ3n) is 11.9. The number of methoxy groups -OCH3 is 1. The van der Waals surface area contributed by atoms with E-state index in [4.69, 9.17) is 19.2 Å². The minimum absolute atomic E-state index is 0.0247. The quantitative estimate of drug-likeness (QED) is 0.356. The highest BCUT2D eigenvalue weighted by Gasteiger charge is 2.64. The Morgan fingerprint density at radius 1 is 1.09 bits per heavy atom. The van der Waals surface area contributed by atoms with Crippen molar-refractivity contribution in [2.24, 2.45) is 11.3 Å². The van der Waals surface area contributed by atoms with Crippen LogP contribution in [0.15, 0.2) is 24.3 Å². The fourth-order valence-electron chi connectivity index (χ4n) is 8.11. The molecule has 304 valence electrons. The summed E-state index contributed by atoms with van der Waals surface area (Å²) in [4.78, 5) is 67.4. The molecule has 1 saturated heterocycles. The standard InChI is InChI=1S/C40H54N6O9S/c1-24-32-26(31-27(41-24)14-15-30(43-31)53-6)16-17-39(55-32)21-29-33(47)44-40(35(49)45-56(51,52)38(5)18-19-38)20-25(40)12-10-8-7-9-11-13-28(34(48)46(29)22-39)42-36(50)54-23-37(2,3)4/h10,12,14-15,25,28-29H,7-9,11,13,16-23H2,1-6H3,(H,42,50)(H,44,47)(H,45,49)/b12-10-/t25-,28+,29+,39-,40-/m1/s1. The van der Waals surface area contributed by atoms with Crippen LogP contribution in [0.4, 0.5) is 4.79 Å². The van der Waals surface area contributed by atoms with E-state index >= 15 is 0 Å². The van der Waals surface area contributed by atoms with Crippen LogP contribution in [0, 0.1) is 18.3 Å². The molecule has 3 aliphatic heterocycles. The van der Waals surface area contributed by atoms with E-state index in [1.54, 1.807) is 20.1 Å². The van der Waals surface area contributed by atoms with Gasteiger partial charge in [-0.05, 0) is 76.7 Å². The number of fused-ring (bicyclic) bond motifs is 5. The summed E-state index contributed by atoms with van der Waals surface area (Å²) in [6.45, 7) is 9.41. The molecule has 2 aromatic rings. The lowest BCUT2D eigenvalue weighted by Crippen LogP contribution is -2.58. The zero-order chi connectivity index (χ0) is 40.3. The van der Waals surface area contributed by atoms with Gasteiger partial charge in [0.1, 0.15) is 29.0 Å². The highest BCUT2D eigenvalue weighted by molar-refractivity contribution is 7.91. The molecule has 3 fully saturated rings. The number of nitrogens with one attached hydrogen (secondary N) is 3. The van der Waals surface area contributed by atoms with Crippen molar-refractivity contribution in [3.05, 3.63) is 35.5 Å². The van der Waals surface area contributed by atoms with Crippen LogP contribution in [0.25, 0.3) is 11.0 Å². The molecule has 1 spiro atoms. The van der Waals surface area contributed by atoms with Gasteiger partial charge in [-0.15, -0.1) is 0 Å². The molecule has 0 unspecified atom stereocenters. The Bertz CT molecular complexity index is 2080. The number of hydrogen-bond acceptors (Lipinski definition) is 11. The Balaban J connectivity index is 1.23. The van der Waals surface area contributed by atoms with Gasteiger partial charge in [0.25, 0.3) is 5.91 Å². The zero-order valence-electron chi connectivity index (χ0n) is 33.2. The molecule has 2 aromatic heterocycles. The Morgan fingerprint density at radius 2 is 1.86 bits per heavy atom. The maximum atomic E-state index is 14.8. The summed E-state index contributed by atoms with van der Waals surface area (Å²) in [5, 5.41) is 5.74. The summed E-state index contributed by atoms with van der Waals surface area (Å²) in [7, 11) is -2.45. The second kappa shape index (κ2) is 14.5. The SMILES string of the molecule is COc1ccc2nc(C)c3c(c2n1)CC[C@]1(C[C@H]2C(=O)N[C@]4(C(=O)NS(=O)(=O)C5(C)CC5)C[C@H]4/C=C\CCCCC[C@H](NC(=O)OCC(C)(C)C)C(=O)N2C1)O3. The lowest BCUT2D eigenvalue weighted by atomic mass is 9.88. The predicted octanol–water partition coefficient (Wildman–Crippen LogP) is 4.15. The molecule has 2 aliphatic carbocycles. The van der Waals surface area contributed by atoms with Crippen LogP contribution < -0.4 is 24.8 Å². The number of hydrogen-bond donors (Lipinski definition) is 3. The Morgan fingerprint density at radius 3 is 2.57 bits per heavy atom. The van der Waals surface area contributed by atoms with Gasteiger partial charge in [0, 0.05) is 24.0 Å². The normalized spacial score (nSPS) is 29.3. The predicted molar refractivity (Wildman–Crippen MR) is 206 cm³/mol. The number of nitrogens with zero attached hydrogens (tertiary/aromatic N) is 3. The smallest absolute Gasteiger partial charge is 0.407 e. The molecule has 0 aromatic carbocycles. The van der Waals surface area contributed by atoms with E-state index in [0.717, 1.165) is 18.4 Å². The number of aryl methyl sites for hydroxylation is 2. The van der Waals surface area contributed by atoms with Gasteiger partial charge in [0.2, 0.25) is 27.7 Å². The van der Waals surface area contributed by atoms with Gasteiger partial charge in [-0.3, -0.25) is 19.1 Å². The molecule has 16 heteroatoms. The first-order valence-corrected chi connectivity index (χ1v) is 21.2. The number of alkyl carbamates (subject to hydrolysis) is 1. The van der Waals surface area contributed by atoms with Crippen molar-refractivity contribution in [3.8, 4) is 11.6 Å². The number of allylic oxidation sites excluding steroid dienone is 1. The monoisotopic (exact) mass is 794 g/mol. The third kappa shape index (κ3) is 7.77. The molecule has 7 rings (SSSR count). The number of sulfonamides is 1. The molecular formula is C40H54N6O9S. The van der Waals surface area contributed by atoms with Crippen molar-refractivity contribution in [1.82, 2.24) is 30.2 Å². The number of carbonyl (C=O) groups is 4. The van der Waals surface area contributed by atoms with Crippen molar-refractivity contribution in [1.29, 1.82) is 0 Å². The zero-order valence-corrected chi connectivity index (χ0v) is 34.0. The summed E-state index contributed by atoms with van der Waals surface area (Å²) >= 11 is 0. The Hall–Kier alpha value is -4.47. The molecule has 3 N–H and O–H groups in total. The van der Waals surface area contributed by atoms with Crippen molar-refractivity contribution in [3.63, 3.8) is 0 Å². The lowest BCUT2D eigenvalue weighted by Gasteiger charge is -2.36. The fourth-order valence-corrected chi connectivity index (χ4v) is 9.42. The summed E-state index contributed by atoms with van der Waals surface area (Å²) < 4.78 is 45.4. The molecule has 15 nitrogen and oxygen atoms in total. The number of ether oxygens (including phenoxy) is 3. The highest BCUT2D eigenvalue weighted by atomic mass is 32.2. The van der Waals surface area contributed by atoms with Gasteiger partial charge in [0.15, 0.2) is 0 Å². The first kappa shape index (κ1) is 39.8. The van der Waals surface area contributed by atoms with Crippen molar-refractivity contribution >= 4 is 44.9 Å². The van der Waals surface area contributed by atoms with Crippen molar-refractivity contribution in [2.45, 2.75) is 133 Å². The average molecular weight is 795 g/mol. The second-order valence-corrected chi connectivity index (χ2v) is 19.9. The number of pyridine rings is 2. The number of amides is 4. The second-order valence-electron chi connectivity index (χ2n) is 17.8. The van der Waals surface area contributed by atoms with E-state index in [9.17, 15) is 27.6 Å². The first-order valence-electron chi connectivity index (χ1n) is 19.7. The van der Waals surface area contributed by atoms with Crippen LogP contribution in [0.3, 0.4) is 0 Å². The molecule has 0 bridgehead atoms. The summed E-state index contributed by atoms with van der Waals surface area (Å²) in [5.74, 6) is -1.33. The number of carbonyl (C=O) groups excluding carboxylic acids is 4. The molecule has 4 amide bonds. The minimum atomic E-state index is -3.99. The van der Waals surface area contributed by atoms with Crippen molar-refractivity contribution in [2.75, 3.05) is 20.3 Å². The fraction of sp³-hybridized carbons (Fsp3) is 0.650. The van der Waals surface area contributed by atoms with Crippen LogP contribution in [0.1, 0.15) is 103 Å². The first-order chi connectivity index (χ1) is 26.4. The van der Waals surface area contributed by atoms with Crippen LogP contribution in [0.5, 0.6) is 11.6 Å². The Kier molecular flexibility index (Phi) is 10.3. The van der Waals surface area contributed by atoms with Gasteiger partial charge >= 0.3 is 6.09 Å². The van der Waals surface area contributed by atoms with Crippen LogP contribution in [0.2, 0.25) is 0 Å². The van der Waals surface area contributed by atoms with Gasteiger partial charge in [-0.25, -0.2) is 23.2 Å². The lowest BCUT2D eigenvalue weighted by molar-refractivity contribution is -0.141. The summed E-state index contributed by atoms with van der Waals surface area (Å²) in [5.41, 5.74) is -0.00940. The van der Waals surface area contributed by atoms with Gasteiger partial charge < -0.3 is 29.7 Å². The molecule has 5 atom stereocenters. The molecule has 0 radical (unpaired) electrons. The van der Waals surface area contributed by atoms with Gasteiger partial charge in [-0.2, -0.15) is 0 Å². The van der Waals surface area contributed by atoms with Crippen molar-refractivity contribution < 1.29 is 41.8 Å². The number of aromatic nitrogens is 2. The van der Waals surface area contributed by atoms with Gasteiger partial charge in [-0.1, -0.05) is 45.8 Å². The molecular weight excluding hydrogens is 741 g/mol. The average Bonchev–Trinajstić information content (AvgIpc) is 4.04. The van der Waals surface area contributed by atoms with E-state index in [0.29, 0.717) is 73.3 Å². The van der Waals surface area contributed by atoms with E-state index < -0.39 is 67.7 Å². The maximum Gasteiger partial charge on any atom is 0.407 e. The Labute approximate surface area is 328 Å². The van der Waals surface area contributed by atoms with Crippen LogP contribution in [-0.2, 0) is 35.6 Å². The minimum Gasteiger partial charge on any atom is -0.483 e. The number of rotatable bonds is 6. The van der Waals surface area contributed by atoms with Crippen LogP contribution >= 0.6 is 0 Å². The highest BCUT2D eigenvalue weighted by Crippen LogP contribution is 2.49. The van der Waals surface area contributed by atoms with E-state index in [2.05, 4.69) is 20.3 Å². The van der Waals surface area contributed by atoms with E-state index in [1.165, 1.54) is 4.90 Å². The topological polar surface area (TPSA) is 195 Å². The van der Waals surface area contributed by atoms with Gasteiger partial charge in [0.05, 0.1) is 41.7 Å². The summed E-state index contributed by atoms with van der Waals surface area (Å²) in [6.07, 6.45) is 8.45. The van der Waals surface area contributed by atoms with E-state index in [-0.39, 0.29) is 31.4 Å². The van der Waals surface area contributed by atoms with Crippen LogP contribution in [-0.4, -0.2) is 95.3 Å². The molecule has 5 aliphatic rings. The summed E-state index contributed by atoms with van der Waals surface area (Å²) in [6, 6.07) is 1.49. The largest absolute Gasteiger partial charge is 0.483 e. The van der Waals surface area contributed by atoms with E-state index in [1.807, 2.05) is 45.9 Å². The third-order valence-corrected chi connectivity index (χ3v) is 14.1. The maximum absolute atomic E-state index is 14.8.